The Bertz CT molecular complexity index is 525. The van der Waals surface area contributed by atoms with Gasteiger partial charge in [-0.3, -0.25) is 0 Å². The van der Waals surface area contributed by atoms with Gasteiger partial charge in [-0.25, -0.2) is 0 Å². The zero-order chi connectivity index (χ0) is 11.3. The van der Waals surface area contributed by atoms with Crippen LogP contribution in [0.4, 0.5) is 0 Å². The van der Waals surface area contributed by atoms with Crippen molar-refractivity contribution in [3.05, 3.63) is 36.0 Å². The van der Waals surface area contributed by atoms with Gasteiger partial charge in [-0.05, 0) is 50.5 Å². The van der Waals surface area contributed by atoms with Crippen LogP contribution in [0.25, 0.3) is 10.9 Å². The van der Waals surface area contributed by atoms with Crippen LogP contribution in [0.2, 0.25) is 0 Å². The van der Waals surface area contributed by atoms with Crippen molar-refractivity contribution >= 4 is 10.9 Å². The predicted molar refractivity (Wildman–Crippen MR) is 67.8 cm³/mol. The smallest absolute Gasteiger partial charge is 0.0508 e. The molecular formula is C14H18N2. The number of aromatic nitrogens is 1. The number of rotatable bonds is 2. The minimum Gasteiger partial charge on any atom is -0.343 e. The maximum absolute atomic E-state index is 2.44. The first kappa shape index (κ1) is 9.91. The van der Waals surface area contributed by atoms with Crippen LogP contribution in [0.3, 0.4) is 0 Å². The Morgan fingerprint density at radius 2 is 2.06 bits per heavy atom. The third-order valence-electron chi connectivity index (χ3n) is 3.62. The first-order chi connectivity index (χ1) is 7.66. The lowest BCUT2D eigenvalue weighted by molar-refractivity contribution is 0.377. The highest BCUT2D eigenvalue weighted by Crippen LogP contribution is 2.41. The predicted octanol–water partition coefficient (Wildman–Crippen LogP) is 2.82. The second-order valence-corrected chi connectivity index (χ2v) is 5.12. The van der Waals surface area contributed by atoms with E-state index in [-0.39, 0.29) is 0 Å². The van der Waals surface area contributed by atoms with Crippen molar-refractivity contribution in [3.8, 4) is 0 Å². The first-order valence-corrected chi connectivity index (χ1v) is 5.90. The van der Waals surface area contributed by atoms with Gasteiger partial charge in [0.05, 0.1) is 6.04 Å². The third-order valence-corrected chi connectivity index (χ3v) is 3.62. The molecular weight excluding hydrogens is 196 g/mol. The van der Waals surface area contributed by atoms with E-state index in [4.69, 9.17) is 0 Å². The molecule has 0 amide bonds. The molecule has 0 spiro atoms. The van der Waals surface area contributed by atoms with Gasteiger partial charge in [-0.2, -0.15) is 0 Å². The molecule has 16 heavy (non-hydrogen) atoms. The van der Waals surface area contributed by atoms with Crippen LogP contribution in [0.1, 0.15) is 18.0 Å². The highest BCUT2D eigenvalue weighted by molar-refractivity contribution is 5.81. The van der Waals surface area contributed by atoms with E-state index in [1.54, 1.807) is 0 Å². The Morgan fingerprint density at radius 1 is 1.25 bits per heavy atom. The van der Waals surface area contributed by atoms with Gasteiger partial charge in [0.25, 0.3) is 0 Å². The summed E-state index contributed by atoms with van der Waals surface area (Å²) in [6, 6.07) is 10.3. The van der Waals surface area contributed by atoms with Crippen molar-refractivity contribution in [2.45, 2.75) is 25.4 Å². The number of fused-ring (bicyclic) bond motifs is 1. The van der Waals surface area contributed by atoms with Gasteiger partial charge in [0.15, 0.2) is 0 Å². The number of likely N-dealkylation sites (N-methyl/N-ethyl adjacent to an activating group) is 1. The molecule has 84 valence electrons. The molecule has 2 heteroatoms. The summed E-state index contributed by atoms with van der Waals surface area (Å²) in [5.74, 6) is 0. The van der Waals surface area contributed by atoms with Crippen LogP contribution in [-0.2, 0) is 0 Å². The Hall–Kier alpha value is -1.28. The van der Waals surface area contributed by atoms with Crippen LogP contribution < -0.4 is 0 Å². The number of nitrogens with zero attached hydrogens (tertiary/aromatic N) is 2. The standard InChI is InChI=1S/C14H18N2/c1-10-4-5-11-6-7-16(12(11)8-10)14-9-13(14)15(2)3/h4-8,13-14H,9H2,1-3H3. The number of hydrogen-bond acceptors (Lipinski definition) is 1. The van der Waals surface area contributed by atoms with E-state index in [2.05, 4.69) is 60.9 Å². The van der Waals surface area contributed by atoms with Gasteiger partial charge in [0.1, 0.15) is 0 Å². The fourth-order valence-corrected chi connectivity index (χ4v) is 2.57. The third kappa shape index (κ3) is 1.45. The topological polar surface area (TPSA) is 8.17 Å². The molecule has 0 aliphatic heterocycles. The van der Waals surface area contributed by atoms with E-state index in [1.165, 1.54) is 22.9 Å². The number of aryl methyl sites for hydroxylation is 1. The van der Waals surface area contributed by atoms with Gasteiger partial charge < -0.3 is 9.47 Å². The molecule has 1 aromatic heterocycles. The molecule has 1 aliphatic carbocycles. The van der Waals surface area contributed by atoms with Crippen molar-refractivity contribution in [2.75, 3.05) is 14.1 Å². The summed E-state index contributed by atoms with van der Waals surface area (Å²) >= 11 is 0. The molecule has 0 saturated heterocycles. The minimum absolute atomic E-state index is 0.675. The van der Waals surface area contributed by atoms with Crippen molar-refractivity contribution in [2.24, 2.45) is 0 Å². The van der Waals surface area contributed by atoms with Crippen molar-refractivity contribution in [1.82, 2.24) is 9.47 Å². The molecule has 1 aliphatic rings. The van der Waals surface area contributed by atoms with Gasteiger partial charge in [-0.1, -0.05) is 12.1 Å². The molecule has 2 nitrogen and oxygen atoms in total. The maximum Gasteiger partial charge on any atom is 0.0508 e. The molecule has 2 atom stereocenters. The maximum atomic E-state index is 2.44. The van der Waals surface area contributed by atoms with Gasteiger partial charge >= 0.3 is 0 Å². The molecule has 0 bridgehead atoms. The molecule has 1 saturated carbocycles. The van der Waals surface area contributed by atoms with Crippen molar-refractivity contribution in [3.63, 3.8) is 0 Å². The first-order valence-electron chi connectivity index (χ1n) is 5.90. The lowest BCUT2D eigenvalue weighted by Crippen LogP contribution is -2.17. The van der Waals surface area contributed by atoms with E-state index in [0.717, 1.165) is 6.04 Å². The Morgan fingerprint density at radius 3 is 2.75 bits per heavy atom. The Labute approximate surface area is 96.5 Å². The van der Waals surface area contributed by atoms with Crippen LogP contribution in [0, 0.1) is 6.92 Å². The summed E-state index contributed by atoms with van der Waals surface area (Å²) < 4.78 is 2.44. The normalized spacial score (nSPS) is 24.2. The SMILES string of the molecule is Cc1ccc2ccn(C3CC3N(C)C)c2c1. The Kier molecular flexibility index (Phi) is 2.08. The van der Waals surface area contributed by atoms with E-state index in [0.29, 0.717) is 6.04 Å². The number of hydrogen-bond donors (Lipinski definition) is 0. The van der Waals surface area contributed by atoms with E-state index < -0.39 is 0 Å². The zero-order valence-corrected chi connectivity index (χ0v) is 10.1. The van der Waals surface area contributed by atoms with Crippen LogP contribution >= 0.6 is 0 Å². The van der Waals surface area contributed by atoms with Crippen LogP contribution in [0.5, 0.6) is 0 Å². The van der Waals surface area contributed by atoms with Crippen molar-refractivity contribution < 1.29 is 0 Å². The van der Waals surface area contributed by atoms with E-state index >= 15 is 0 Å². The van der Waals surface area contributed by atoms with Crippen LogP contribution in [0.15, 0.2) is 30.5 Å². The fraction of sp³-hybridized carbons (Fsp3) is 0.429. The fourth-order valence-electron chi connectivity index (χ4n) is 2.57. The summed E-state index contributed by atoms with van der Waals surface area (Å²) in [7, 11) is 4.34. The molecule has 2 aromatic rings. The average Bonchev–Trinajstić information content (AvgIpc) is 2.93. The largest absolute Gasteiger partial charge is 0.343 e. The second-order valence-electron chi connectivity index (χ2n) is 5.12. The molecule has 1 heterocycles. The summed E-state index contributed by atoms with van der Waals surface area (Å²) in [5.41, 5.74) is 2.73. The van der Waals surface area contributed by atoms with Gasteiger partial charge in [-0.15, -0.1) is 0 Å². The van der Waals surface area contributed by atoms with Gasteiger partial charge in [0.2, 0.25) is 0 Å². The average molecular weight is 214 g/mol. The zero-order valence-electron chi connectivity index (χ0n) is 10.1. The molecule has 2 unspecified atom stereocenters. The van der Waals surface area contributed by atoms with E-state index in [9.17, 15) is 0 Å². The minimum atomic E-state index is 0.675. The summed E-state index contributed by atoms with van der Waals surface area (Å²) in [6.07, 6.45) is 3.52. The quantitative estimate of drug-likeness (QED) is 0.746. The second kappa shape index (κ2) is 3.36. The van der Waals surface area contributed by atoms with Crippen molar-refractivity contribution in [1.29, 1.82) is 0 Å². The lowest BCUT2D eigenvalue weighted by Gasteiger charge is -2.10. The highest BCUT2D eigenvalue weighted by Gasteiger charge is 2.40. The summed E-state index contributed by atoms with van der Waals surface area (Å²) in [6.45, 7) is 2.16. The number of benzene rings is 1. The molecule has 0 radical (unpaired) electrons. The summed E-state index contributed by atoms with van der Waals surface area (Å²) in [4.78, 5) is 2.33. The molecule has 3 rings (SSSR count). The highest BCUT2D eigenvalue weighted by atomic mass is 15.2. The molecule has 0 N–H and O–H groups in total. The Balaban J connectivity index is 2.02. The monoisotopic (exact) mass is 214 g/mol. The molecule has 1 aromatic carbocycles. The molecule has 1 fully saturated rings. The van der Waals surface area contributed by atoms with Gasteiger partial charge in [0, 0.05) is 17.8 Å². The van der Waals surface area contributed by atoms with E-state index in [1.807, 2.05) is 0 Å². The van der Waals surface area contributed by atoms with Crippen LogP contribution in [-0.4, -0.2) is 29.6 Å². The summed E-state index contributed by atoms with van der Waals surface area (Å²) in [5, 5.41) is 1.36. The lowest BCUT2D eigenvalue weighted by atomic mass is 10.2.